The Bertz CT molecular complexity index is 331. The van der Waals surface area contributed by atoms with Crippen LogP contribution in [0.4, 0.5) is 0 Å². The Labute approximate surface area is 124 Å². The summed E-state index contributed by atoms with van der Waals surface area (Å²) >= 11 is 0. The van der Waals surface area contributed by atoms with Crippen molar-refractivity contribution in [3.8, 4) is 0 Å². The molecule has 5 unspecified atom stereocenters. The van der Waals surface area contributed by atoms with Crippen molar-refractivity contribution in [2.75, 3.05) is 13.2 Å². The lowest BCUT2D eigenvalue weighted by atomic mass is 9.58. The quantitative estimate of drug-likeness (QED) is 0.777. The number of rotatable bonds is 7. The van der Waals surface area contributed by atoms with E-state index in [0.29, 0.717) is 29.7 Å². The molecule has 3 heteroatoms. The molecule has 0 heterocycles. The summed E-state index contributed by atoms with van der Waals surface area (Å²) in [6.07, 6.45) is 4.33. The van der Waals surface area contributed by atoms with E-state index in [-0.39, 0.29) is 5.41 Å². The van der Waals surface area contributed by atoms with Gasteiger partial charge in [-0.25, -0.2) is 0 Å². The minimum atomic E-state index is 0.251. The molecule has 5 atom stereocenters. The third kappa shape index (κ3) is 2.53. The molecular weight excluding hydrogens is 250 g/mol. The van der Waals surface area contributed by atoms with Gasteiger partial charge in [-0.15, -0.1) is 0 Å². The molecule has 0 aliphatic heterocycles. The minimum Gasteiger partial charge on any atom is -0.378 e. The summed E-state index contributed by atoms with van der Waals surface area (Å²) < 4.78 is 11.7. The van der Waals surface area contributed by atoms with Gasteiger partial charge in [0.2, 0.25) is 0 Å². The Balaban J connectivity index is 1.89. The fourth-order valence-corrected chi connectivity index (χ4v) is 3.90. The lowest BCUT2D eigenvalue weighted by molar-refractivity contribution is -0.157. The van der Waals surface area contributed by atoms with Crippen LogP contribution in [-0.2, 0) is 9.47 Å². The second-order valence-electron chi connectivity index (χ2n) is 7.31. The van der Waals surface area contributed by atoms with E-state index in [1.165, 1.54) is 6.42 Å². The predicted octanol–water partition coefficient (Wildman–Crippen LogP) is 3.37. The molecule has 3 nitrogen and oxygen atoms in total. The Hall–Kier alpha value is -0.120. The topological polar surface area (TPSA) is 30.5 Å². The molecule has 1 N–H and O–H groups in total. The van der Waals surface area contributed by atoms with Crippen LogP contribution in [0.1, 0.15) is 60.8 Å². The van der Waals surface area contributed by atoms with E-state index in [1.807, 2.05) is 0 Å². The fourth-order valence-electron chi connectivity index (χ4n) is 3.90. The molecule has 2 saturated carbocycles. The van der Waals surface area contributed by atoms with Crippen molar-refractivity contribution in [3.63, 3.8) is 0 Å². The van der Waals surface area contributed by atoms with E-state index in [4.69, 9.17) is 9.47 Å². The summed E-state index contributed by atoms with van der Waals surface area (Å²) in [7, 11) is 0. The van der Waals surface area contributed by atoms with Crippen molar-refractivity contribution in [1.82, 2.24) is 5.32 Å². The van der Waals surface area contributed by atoms with Crippen molar-refractivity contribution < 1.29 is 9.47 Å². The fraction of sp³-hybridized carbons (Fsp3) is 1.00. The second kappa shape index (κ2) is 5.94. The first kappa shape index (κ1) is 16.3. The van der Waals surface area contributed by atoms with E-state index in [2.05, 4.69) is 46.9 Å². The molecule has 2 fully saturated rings. The highest BCUT2D eigenvalue weighted by atomic mass is 16.5. The molecule has 2 aliphatic carbocycles. The highest BCUT2D eigenvalue weighted by Gasteiger charge is 2.55. The number of ether oxygens (including phenoxy) is 2. The van der Waals surface area contributed by atoms with Crippen molar-refractivity contribution in [2.24, 2.45) is 10.8 Å². The van der Waals surface area contributed by atoms with E-state index < -0.39 is 0 Å². The first-order valence-corrected chi connectivity index (χ1v) is 8.39. The van der Waals surface area contributed by atoms with Crippen LogP contribution in [-0.4, -0.2) is 37.5 Å². The van der Waals surface area contributed by atoms with Crippen molar-refractivity contribution in [3.05, 3.63) is 0 Å². The van der Waals surface area contributed by atoms with Gasteiger partial charge in [0.15, 0.2) is 0 Å². The van der Waals surface area contributed by atoms with Crippen LogP contribution in [0, 0.1) is 10.8 Å². The standard InChI is InChI=1S/C17H33NO2/c1-7-17(6)13(11-15(17)20-9-3)18-12-10-14(19-8-2)16(12,4)5/h12-15,18H,7-11H2,1-6H3. The van der Waals surface area contributed by atoms with Gasteiger partial charge >= 0.3 is 0 Å². The number of hydrogen-bond donors (Lipinski definition) is 1. The van der Waals surface area contributed by atoms with Crippen molar-refractivity contribution in [1.29, 1.82) is 0 Å². The van der Waals surface area contributed by atoms with Gasteiger partial charge in [0.25, 0.3) is 0 Å². The van der Waals surface area contributed by atoms with Crippen molar-refractivity contribution in [2.45, 2.75) is 85.1 Å². The van der Waals surface area contributed by atoms with Gasteiger partial charge in [-0.1, -0.05) is 27.7 Å². The smallest absolute Gasteiger partial charge is 0.0658 e. The van der Waals surface area contributed by atoms with Crippen LogP contribution in [0.5, 0.6) is 0 Å². The van der Waals surface area contributed by atoms with Gasteiger partial charge in [0.1, 0.15) is 0 Å². The summed E-state index contributed by atoms with van der Waals surface area (Å²) in [4.78, 5) is 0. The molecule has 0 radical (unpaired) electrons. The Morgan fingerprint density at radius 1 is 0.900 bits per heavy atom. The zero-order valence-corrected chi connectivity index (χ0v) is 14.2. The van der Waals surface area contributed by atoms with Crippen LogP contribution in [0.25, 0.3) is 0 Å². The Morgan fingerprint density at radius 3 is 1.95 bits per heavy atom. The molecule has 2 aliphatic rings. The highest BCUT2D eigenvalue weighted by Crippen LogP contribution is 2.49. The summed E-state index contributed by atoms with van der Waals surface area (Å²) in [5, 5.41) is 3.90. The SMILES string of the molecule is CCOC1CC(NC2CC(OCC)C2(C)CC)C1(C)C. The molecule has 118 valence electrons. The zero-order chi connectivity index (χ0) is 15.0. The first-order chi connectivity index (χ1) is 9.40. The maximum Gasteiger partial charge on any atom is 0.0658 e. The largest absolute Gasteiger partial charge is 0.378 e. The van der Waals surface area contributed by atoms with E-state index in [1.54, 1.807) is 0 Å². The molecule has 0 amide bonds. The van der Waals surface area contributed by atoms with Gasteiger partial charge in [0, 0.05) is 36.1 Å². The Kier molecular flexibility index (Phi) is 4.83. The monoisotopic (exact) mass is 283 g/mol. The number of hydrogen-bond acceptors (Lipinski definition) is 3. The van der Waals surface area contributed by atoms with E-state index in [9.17, 15) is 0 Å². The lowest BCUT2D eigenvalue weighted by Gasteiger charge is -2.59. The Morgan fingerprint density at radius 2 is 1.45 bits per heavy atom. The van der Waals surface area contributed by atoms with Gasteiger partial charge in [-0.05, 0) is 33.1 Å². The average molecular weight is 283 g/mol. The molecule has 0 aromatic rings. The van der Waals surface area contributed by atoms with E-state index >= 15 is 0 Å². The normalized spacial score (nSPS) is 42.9. The summed E-state index contributed by atoms with van der Waals surface area (Å²) in [5.41, 5.74) is 0.546. The molecule has 0 aromatic carbocycles. The number of nitrogens with one attached hydrogen (secondary N) is 1. The second-order valence-corrected chi connectivity index (χ2v) is 7.31. The zero-order valence-electron chi connectivity index (χ0n) is 14.2. The van der Waals surface area contributed by atoms with E-state index in [0.717, 1.165) is 26.1 Å². The molecule has 0 bridgehead atoms. The van der Waals surface area contributed by atoms with Gasteiger partial charge in [-0.3, -0.25) is 0 Å². The maximum atomic E-state index is 5.89. The molecule has 0 spiro atoms. The first-order valence-electron chi connectivity index (χ1n) is 8.39. The summed E-state index contributed by atoms with van der Waals surface area (Å²) in [6.45, 7) is 15.2. The van der Waals surface area contributed by atoms with Crippen molar-refractivity contribution >= 4 is 0 Å². The van der Waals surface area contributed by atoms with Gasteiger partial charge in [0.05, 0.1) is 12.2 Å². The molecule has 2 rings (SSSR count). The summed E-state index contributed by atoms with van der Waals surface area (Å²) in [6, 6.07) is 1.17. The van der Waals surface area contributed by atoms with Crippen LogP contribution >= 0.6 is 0 Å². The molecule has 0 saturated heterocycles. The minimum absolute atomic E-state index is 0.251. The van der Waals surface area contributed by atoms with Gasteiger partial charge < -0.3 is 14.8 Å². The maximum absolute atomic E-state index is 5.89. The molecule has 0 aromatic heterocycles. The average Bonchev–Trinajstić information content (AvgIpc) is 2.43. The third-order valence-electron chi connectivity index (χ3n) is 6.06. The highest BCUT2D eigenvalue weighted by molar-refractivity contribution is 5.10. The van der Waals surface area contributed by atoms with Crippen LogP contribution in [0.3, 0.4) is 0 Å². The lowest BCUT2D eigenvalue weighted by Crippen LogP contribution is -2.70. The summed E-state index contributed by atoms with van der Waals surface area (Å²) in [5.74, 6) is 0. The van der Waals surface area contributed by atoms with Crippen LogP contribution in [0.15, 0.2) is 0 Å². The molecular formula is C17H33NO2. The van der Waals surface area contributed by atoms with Gasteiger partial charge in [-0.2, -0.15) is 0 Å². The molecule has 20 heavy (non-hydrogen) atoms. The van der Waals surface area contributed by atoms with Crippen LogP contribution in [0.2, 0.25) is 0 Å². The third-order valence-corrected chi connectivity index (χ3v) is 6.06. The predicted molar refractivity (Wildman–Crippen MR) is 83.0 cm³/mol. The van der Waals surface area contributed by atoms with Crippen LogP contribution < -0.4 is 5.32 Å².